The van der Waals surface area contributed by atoms with E-state index in [9.17, 15) is 9.59 Å². The first-order valence-corrected chi connectivity index (χ1v) is 6.40. The lowest BCUT2D eigenvalue weighted by Crippen LogP contribution is -2.52. The molecule has 0 atom stereocenters. The summed E-state index contributed by atoms with van der Waals surface area (Å²) in [6.45, 7) is 6.33. The molecule has 0 spiro atoms. The Kier molecular flexibility index (Phi) is 3.55. The molecule has 1 aliphatic heterocycles. The highest BCUT2D eigenvalue weighted by Crippen LogP contribution is 2.16. The second-order valence-corrected chi connectivity index (χ2v) is 5.46. The molecule has 1 aromatic rings. The number of nitrogens with zero attached hydrogens (tertiary/aromatic N) is 2. The second-order valence-electron chi connectivity index (χ2n) is 5.46. The summed E-state index contributed by atoms with van der Waals surface area (Å²) in [6.07, 6.45) is 2.12. The molecule has 2 amide bonds. The van der Waals surface area contributed by atoms with Gasteiger partial charge in [0.25, 0.3) is 0 Å². The van der Waals surface area contributed by atoms with E-state index in [-0.39, 0.29) is 11.8 Å². The zero-order valence-corrected chi connectivity index (χ0v) is 11.6. The molecule has 1 saturated heterocycles. The number of pyridine rings is 1. The van der Waals surface area contributed by atoms with Gasteiger partial charge in [0, 0.05) is 31.4 Å². The standard InChI is InChI=1S/C14H19N3O2/c1-10-4-5-11(8-15-10)9-17-7-6-12(18)16-14(2,3)13(17)19/h4-5,8H,6-7,9H2,1-3H3,(H,16,18). The minimum absolute atomic E-state index is 0.0566. The summed E-state index contributed by atoms with van der Waals surface area (Å²) < 4.78 is 0. The van der Waals surface area contributed by atoms with Crippen molar-refractivity contribution < 1.29 is 9.59 Å². The lowest BCUT2D eigenvalue weighted by atomic mass is 10.0. The van der Waals surface area contributed by atoms with Gasteiger partial charge in [0.15, 0.2) is 0 Å². The highest BCUT2D eigenvalue weighted by atomic mass is 16.2. The van der Waals surface area contributed by atoms with Crippen molar-refractivity contribution in [2.75, 3.05) is 6.54 Å². The van der Waals surface area contributed by atoms with Crippen LogP contribution in [0, 0.1) is 6.92 Å². The molecule has 2 heterocycles. The molecule has 0 bridgehead atoms. The van der Waals surface area contributed by atoms with Crippen molar-refractivity contribution in [2.24, 2.45) is 0 Å². The van der Waals surface area contributed by atoms with Crippen LogP contribution < -0.4 is 5.32 Å². The van der Waals surface area contributed by atoms with Crippen LogP contribution in [0.5, 0.6) is 0 Å². The molecule has 5 nitrogen and oxygen atoms in total. The number of nitrogens with one attached hydrogen (secondary N) is 1. The van der Waals surface area contributed by atoms with Gasteiger partial charge in [-0.2, -0.15) is 0 Å². The molecule has 1 aromatic heterocycles. The predicted octanol–water partition coefficient (Wildman–Crippen LogP) is 1.02. The van der Waals surface area contributed by atoms with Gasteiger partial charge in [-0.3, -0.25) is 14.6 Å². The summed E-state index contributed by atoms with van der Waals surface area (Å²) >= 11 is 0. The van der Waals surface area contributed by atoms with E-state index >= 15 is 0 Å². The molecule has 0 aromatic carbocycles. The third kappa shape index (κ3) is 3.10. The Bertz CT molecular complexity index is 494. The number of carbonyl (C=O) groups excluding carboxylic acids is 2. The molecule has 0 saturated carbocycles. The van der Waals surface area contributed by atoms with Crippen molar-refractivity contribution in [3.8, 4) is 0 Å². The zero-order chi connectivity index (χ0) is 14.0. The van der Waals surface area contributed by atoms with E-state index in [4.69, 9.17) is 0 Å². The van der Waals surface area contributed by atoms with Crippen LogP contribution in [-0.2, 0) is 16.1 Å². The summed E-state index contributed by atoms with van der Waals surface area (Å²) in [4.78, 5) is 29.9. The van der Waals surface area contributed by atoms with Gasteiger partial charge in [0.2, 0.25) is 11.8 Å². The molecule has 1 N–H and O–H groups in total. The van der Waals surface area contributed by atoms with Gasteiger partial charge in [0.05, 0.1) is 0 Å². The Morgan fingerprint density at radius 3 is 2.74 bits per heavy atom. The smallest absolute Gasteiger partial charge is 0.248 e. The fourth-order valence-electron chi connectivity index (χ4n) is 2.16. The van der Waals surface area contributed by atoms with Crippen LogP contribution in [0.3, 0.4) is 0 Å². The molecule has 0 unspecified atom stereocenters. The average molecular weight is 261 g/mol. The Labute approximate surface area is 113 Å². The minimum Gasteiger partial charge on any atom is -0.342 e. The normalized spacial score (nSPS) is 19.0. The van der Waals surface area contributed by atoms with Crippen molar-refractivity contribution in [2.45, 2.75) is 39.3 Å². The van der Waals surface area contributed by atoms with E-state index in [1.165, 1.54) is 0 Å². The van der Waals surface area contributed by atoms with Crippen molar-refractivity contribution >= 4 is 11.8 Å². The lowest BCUT2D eigenvalue weighted by molar-refractivity contribution is -0.137. The van der Waals surface area contributed by atoms with E-state index in [2.05, 4.69) is 10.3 Å². The molecule has 1 fully saturated rings. The molecule has 5 heteroatoms. The van der Waals surface area contributed by atoms with Gasteiger partial charge in [-0.05, 0) is 32.4 Å². The fourth-order valence-corrected chi connectivity index (χ4v) is 2.16. The molecule has 2 rings (SSSR count). The summed E-state index contributed by atoms with van der Waals surface area (Å²) in [6, 6.07) is 3.88. The maximum atomic E-state index is 12.4. The molecule has 102 valence electrons. The van der Waals surface area contributed by atoms with Crippen LogP contribution in [0.1, 0.15) is 31.5 Å². The first-order chi connectivity index (χ1) is 8.88. The molecule has 19 heavy (non-hydrogen) atoms. The zero-order valence-electron chi connectivity index (χ0n) is 11.6. The molecular weight excluding hydrogens is 242 g/mol. The lowest BCUT2D eigenvalue weighted by Gasteiger charge is -2.28. The van der Waals surface area contributed by atoms with Gasteiger partial charge in [-0.25, -0.2) is 0 Å². The van der Waals surface area contributed by atoms with Crippen LogP contribution in [-0.4, -0.2) is 33.8 Å². The first-order valence-electron chi connectivity index (χ1n) is 6.40. The monoisotopic (exact) mass is 261 g/mol. The van der Waals surface area contributed by atoms with E-state index < -0.39 is 5.54 Å². The van der Waals surface area contributed by atoms with Crippen molar-refractivity contribution in [3.63, 3.8) is 0 Å². The molecule has 0 radical (unpaired) electrons. The largest absolute Gasteiger partial charge is 0.342 e. The maximum absolute atomic E-state index is 12.4. The highest BCUT2D eigenvalue weighted by Gasteiger charge is 2.36. The number of aryl methyl sites for hydroxylation is 1. The Balaban J connectivity index is 2.16. The summed E-state index contributed by atoms with van der Waals surface area (Å²) in [5.74, 6) is -0.137. The van der Waals surface area contributed by atoms with E-state index in [1.807, 2.05) is 19.1 Å². The van der Waals surface area contributed by atoms with Gasteiger partial charge in [0.1, 0.15) is 5.54 Å². The third-order valence-electron chi connectivity index (χ3n) is 3.23. The number of amides is 2. The molecule has 1 aliphatic rings. The number of carbonyl (C=O) groups is 2. The fraction of sp³-hybridized carbons (Fsp3) is 0.500. The average Bonchev–Trinajstić information content (AvgIpc) is 2.43. The van der Waals surface area contributed by atoms with Gasteiger partial charge in [-0.1, -0.05) is 6.07 Å². The SMILES string of the molecule is Cc1ccc(CN2CCC(=O)NC(C)(C)C2=O)cn1. The maximum Gasteiger partial charge on any atom is 0.248 e. The van der Waals surface area contributed by atoms with E-state index in [0.29, 0.717) is 19.5 Å². The molecule has 0 aliphatic carbocycles. The van der Waals surface area contributed by atoms with Crippen LogP contribution in [0.15, 0.2) is 18.3 Å². The van der Waals surface area contributed by atoms with Crippen LogP contribution >= 0.6 is 0 Å². The summed E-state index contributed by atoms with van der Waals surface area (Å²) in [5.41, 5.74) is 1.08. The van der Waals surface area contributed by atoms with E-state index in [1.54, 1.807) is 24.9 Å². The Morgan fingerprint density at radius 1 is 1.37 bits per heavy atom. The summed E-state index contributed by atoms with van der Waals surface area (Å²) in [7, 11) is 0. The third-order valence-corrected chi connectivity index (χ3v) is 3.23. The van der Waals surface area contributed by atoms with Crippen molar-refractivity contribution in [1.29, 1.82) is 0 Å². The van der Waals surface area contributed by atoms with E-state index in [0.717, 1.165) is 11.3 Å². The topological polar surface area (TPSA) is 62.3 Å². The highest BCUT2D eigenvalue weighted by molar-refractivity contribution is 5.92. The van der Waals surface area contributed by atoms with Gasteiger partial charge in [-0.15, -0.1) is 0 Å². The van der Waals surface area contributed by atoms with Crippen molar-refractivity contribution in [1.82, 2.24) is 15.2 Å². The summed E-state index contributed by atoms with van der Waals surface area (Å²) in [5, 5.41) is 2.75. The van der Waals surface area contributed by atoms with Gasteiger partial charge >= 0.3 is 0 Å². The quantitative estimate of drug-likeness (QED) is 0.864. The minimum atomic E-state index is -0.842. The first kappa shape index (κ1) is 13.5. The number of hydrogen-bond donors (Lipinski definition) is 1. The van der Waals surface area contributed by atoms with Crippen LogP contribution in [0.4, 0.5) is 0 Å². The molecular formula is C14H19N3O2. The number of rotatable bonds is 2. The second kappa shape index (κ2) is 4.99. The Morgan fingerprint density at radius 2 is 2.11 bits per heavy atom. The van der Waals surface area contributed by atoms with Crippen molar-refractivity contribution in [3.05, 3.63) is 29.6 Å². The number of aromatic nitrogens is 1. The van der Waals surface area contributed by atoms with Crippen LogP contribution in [0.25, 0.3) is 0 Å². The van der Waals surface area contributed by atoms with Gasteiger partial charge < -0.3 is 10.2 Å². The Hall–Kier alpha value is -1.91. The predicted molar refractivity (Wildman–Crippen MR) is 71.2 cm³/mol. The number of hydrogen-bond acceptors (Lipinski definition) is 3. The van der Waals surface area contributed by atoms with Crippen LogP contribution in [0.2, 0.25) is 0 Å².